The van der Waals surface area contributed by atoms with Crippen molar-refractivity contribution in [1.82, 2.24) is 14.9 Å². The van der Waals surface area contributed by atoms with Gasteiger partial charge >= 0.3 is 0 Å². The zero-order valence-corrected chi connectivity index (χ0v) is 15.3. The summed E-state index contributed by atoms with van der Waals surface area (Å²) in [5.41, 5.74) is 2.41. The van der Waals surface area contributed by atoms with Gasteiger partial charge in [0.25, 0.3) is 5.91 Å². The third-order valence-corrected chi connectivity index (χ3v) is 4.37. The largest absolute Gasteiger partial charge is 0.348 e. The molecule has 3 aromatic rings. The molecule has 0 spiro atoms. The van der Waals surface area contributed by atoms with Crippen LogP contribution in [0.4, 0.5) is 0 Å². The highest BCUT2D eigenvalue weighted by atomic mass is 35.5. The lowest BCUT2D eigenvalue weighted by Crippen LogP contribution is -2.35. The van der Waals surface area contributed by atoms with E-state index in [1.807, 2.05) is 61.5 Å². The first-order valence-corrected chi connectivity index (χ1v) is 8.74. The smallest absolute Gasteiger partial charge is 0.270 e. The van der Waals surface area contributed by atoms with Crippen LogP contribution in [0.3, 0.4) is 0 Å². The molecule has 0 aliphatic heterocycles. The van der Waals surface area contributed by atoms with Gasteiger partial charge in [0.1, 0.15) is 5.69 Å². The molecule has 2 N–H and O–H groups in total. The number of nitrogens with zero attached hydrogens (tertiary/aromatic N) is 1. The molecule has 0 fully saturated rings. The molecule has 1 amide bonds. The molecule has 6 heteroatoms. The van der Waals surface area contributed by atoms with E-state index < -0.39 is 0 Å². The van der Waals surface area contributed by atoms with Crippen molar-refractivity contribution in [2.24, 2.45) is 0 Å². The Morgan fingerprint density at radius 2 is 2.00 bits per heavy atom. The highest BCUT2D eigenvalue weighted by Gasteiger charge is 2.16. The van der Waals surface area contributed by atoms with Gasteiger partial charge in [-0.15, -0.1) is 0 Å². The van der Waals surface area contributed by atoms with Crippen LogP contribution in [-0.4, -0.2) is 21.5 Å². The summed E-state index contributed by atoms with van der Waals surface area (Å²) in [4.78, 5) is 15.6. The molecule has 0 bridgehead atoms. The summed E-state index contributed by atoms with van der Waals surface area (Å²) in [6.45, 7) is 1.97. The van der Waals surface area contributed by atoms with E-state index in [2.05, 4.69) is 10.3 Å². The summed E-state index contributed by atoms with van der Waals surface area (Å²) < 4.78 is 2.22. The van der Waals surface area contributed by atoms with Crippen LogP contribution in [0.5, 0.6) is 0 Å². The molecule has 4 nitrogen and oxygen atoms in total. The van der Waals surface area contributed by atoms with Crippen molar-refractivity contribution < 1.29 is 4.79 Å². The molecule has 0 aliphatic carbocycles. The van der Waals surface area contributed by atoms with Gasteiger partial charge in [-0.25, -0.2) is 0 Å². The number of hydrogen-bond donors (Lipinski definition) is 2. The van der Waals surface area contributed by atoms with Gasteiger partial charge in [-0.2, -0.15) is 0 Å². The Morgan fingerprint density at radius 1 is 1.24 bits per heavy atom. The normalized spacial score (nSPS) is 11.9. The number of benzene rings is 2. The minimum atomic E-state index is -0.175. The van der Waals surface area contributed by atoms with Crippen LogP contribution in [0.2, 0.25) is 5.02 Å². The number of H-pyrrole nitrogens is 1. The number of aromatic amines is 1. The van der Waals surface area contributed by atoms with E-state index in [0.29, 0.717) is 21.9 Å². The first-order chi connectivity index (χ1) is 12.0. The number of hydrogen-bond acceptors (Lipinski definition) is 2. The summed E-state index contributed by atoms with van der Waals surface area (Å²) in [6, 6.07) is 17.2. The Morgan fingerprint density at radius 3 is 2.72 bits per heavy atom. The average molecular weight is 372 g/mol. The maximum atomic E-state index is 12.7. The van der Waals surface area contributed by atoms with Crippen molar-refractivity contribution in [3.05, 3.63) is 81.8 Å². The van der Waals surface area contributed by atoms with Crippen LogP contribution in [0.1, 0.15) is 23.0 Å². The fourth-order valence-corrected chi connectivity index (χ4v) is 3.21. The molecule has 0 saturated heterocycles. The molecular weight excluding hydrogens is 354 g/mol. The first-order valence-electron chi connectivity index (χ1n) is 7.96. The average Bonchev–Trinajstić information content (AvgIpc) is 2.97. The van der Waals surface area contributed by atoms with E-state index in [1.54, 1.807) is 10.8 Å². The second-order valence-corrected chi connectivity index (χ2v) is 6.68. The minimum Gasteiger partial charge on any atom is -0.348 e. The second kappa shape index (κ2) is 7.68. The molecule has 3 rings (SSSR count). The summed E-state index contributed by atoms with van der Waals surface area (Å²) in [5, 5.41) is 3.71. The van der Waals surface area contributed by atoms with Crippen molar-refractivity contribution in [3.63, 3.8) is 0 Å². The summed E-state index contributed by atoms with van der Waals surface area (Å²) >= 11 is 11.3. The van der Waals surface area contributed by atoms with Crippen LogP contribution < -0.4 is 5.32 Å². The molecule has 2 aromatic carbocycles. The maximum absolute atomic E-state index is 12.7. The van der Waals surface area contributed by atoms with Gasteiger partial charge in [-0.1, -0.05) is 41.9 Å². The number of amides is 1. The van der Waals surface area contributed by atoms with E-state index in [0.717, 1.165) is 11.3 Å². The fraction of sp³-hybridized carbons (Fsp3) is 0.158. The molecule has 1 heterocycles. The third kappa shape index (κ3) is 4.18. The quantitative estimate of drug-likeness (QED) is 0.646. The van der Waals surface area contributed by atoms with Crippen molar-refractivity contribution in [3.8, 4) is 5.69 Å². The number of aromatic nitrogens is 2. The Kier molecular flexibility index (Phi) is 5.36. The van der Waals surface area contributed by atoms with Gasteiger partial charge in [-0.05, 0) is 55.4 Å². The molecule has 25 heavy (non-hydrogen) atoms. The molecular formula is C19H18ClN3OS. The number of nitrogens with one attached hydrogen (secondary N) is 2. The molecule has 0 saturated carbocycles. The number of imidazole rings is 1. The number of carbonyl (C=O) groups is 1. The van der Waals surface area contributed by atoms with Gasteiger partial charge in [-0.3, -0.25) is 9.36 Å². The topological polar surface area (TPSA) is 49.8 Å². The van der Waals surface area contributed by atoms with Crippen molar-refractivity contribution in [1.29, 1.82) is 0 Å². The van der Waals surface area contributed by atoms with E-state index in [-0.39, 0.29) is 11.9 Å². The monoisotopic (exact) mass is 371 g/mol. The van der Waals surface area contributed by atoms with E-state index in [4.69, 9.17) is 23.8 Å². The zero-order chi connectivity index (χ0) is 17.8. The molecule has 1 unspecified atom stereocenters. The second-order valence-electron chi connectivity index (χ2n) is 5.86. The zero-order valence-electron chi connectivity index (χ0n) is 13.7. The van der Waals surface area contributed by atoms with Crippen molar-refractivity contribution in [2.45, 2.75) is 19.4 Å². The molecule has 0 radical (unpaired) electrons. The lowest BCUT2D eigenvalue weighted by Gasteiger charge is -2.15. The highest BCUT2D eigenvalue weighted by molar-refractivity contribution is 7.71. The molecule has 0 aliphatic rings. The van der Waals surface area contributed by atoms with Gasteiger partial charge in [0.2, 0.25) is 0 Å². The Bertz CT molecular complexity index is 933. The van der Waals surface area contributed by atoms with E-state index in [9.17, 15) is 4.79 Å². The number of para-hydroxylation sites is 1. The lowest BCUT2D eigenvalue weighted by molar-refractivity contribution is 0.0933. The Balaban J connectivity index is 1.77. The van der Waals surface area contributed by atoms with Crippen LogP contribution in [0.25, 0.3) is 5.69 Å². The van der Waals surface area contributed by atoms with E-state index in [1.165, 1.54) is 0 Å². The summed E-state index contributed by atoms with van der Waals surface area (Å²) in [7, 11) is 0. The third-order valence-electron chi connectivity index (χ3n) is 3.83. The Labute approximate surface area is 156 Å². The van der Waals surface area contributed by atoms with Gasteiger partial charge in [0, 0.05) is 22.9 Å². The van der Waals surface area contributed by atoms with Gasteiger partial charge < -0.3 is 10.3 Å². The molecule has 1 aromatic heterocycles. The van der Waals surface area contributed by atoms with Crippen LogP contribution >= 0.6 is 23.8 Å². The number of rotatable bonds is 5. The van der Waals surface area contributed by atoms with Crippen LogP contribution in [0, 0.1) is 4.77 Å². The number of carbonyl (C=O) groups excluding carboxylic acids is 1. The Hall–Kier alpha value is -2.37. The molecule has 1 atom stereocenters. The summed E-state index contributed by atoms with van der Waals surface area (Å²) in [6.07, 6.45) is 2.33. The lowest BCUT2D eigenvalue weighted by atomic mass is 10.1. The fourth-order valence-electron chi connectivity index (χ4n) is 2.74. The predicted octanol–water partition coefficient (Wildman–Crippen LogP) is 4.55. The highest BCUT2D eigenvalue weighted by Crippen LogP contribution is 2.14. The van der Waals surface area contributed by atoms with E-state index >= 15 is 0 Å². The first kappa shape index (κ1) is 17.5. The maximum Gasteiger partial charge on any atom is 0.270 e. The van der Waals surface area contributed by atoms with Crippen molar-refractivity contribution >= 4 is 29.7 Å². The van der Waals surface area contributed by atoms with Crippen LogP contribution in [-0.2, 0) is 6.42 Å². The number of halogens is 1. The minimum absolute atomic E-state index is 0.0429. The molecule has 128 valence electrons. The van der Waals surface area contributed by atoms with Gasteiger partial charge in [0.15, 0.2) is 4.77 Å². The van der Waals surface area contributed by atoms with Gasteiger partial charge in [0.05, 0.1) is 0 Å². The predicted molar refractivity (Wildman–Crippen MR) is 103 cm³/mol. The SMILES string of the molecule is CC(Cc1cccc(Cl)c1)NC(=O)c1c[nH]c(=S)n1-c1ccccc1. The van der Waals surface area contributed by atoms with Crippen LogP contribution in [0.15, 0.2) is 60.8 Å². The summed E-state index contributed by atoms with van der Waals surface area (Å²) in [5.74, 6) is -0.175. The van der Waals surface area contributed by atoms with Crippen molar-refractivity contribution in [2.75, 3.05) is 0 Å². The standard InChI is InChI=1S/C19H18ClN3OS/c1-13(10-14-6-5-7-15(20)11-14)22-18(24)17-12-21-19(25)23(17)16-8-3-2-4-9-16/h2-9,11-13H,10H2,1H3,(H,21,25)(H,22,24).